The summed E-state index contributed by atoms with van der Waals surface area (Å²) in [6.07, 6.45) is 0. The molecule has 0 atom stereocenters. The molecule has 0 amide bonds. The van der Waals surface area contributed by atoms with Crippen molar-refractivity contribution in [3.8, 4) is 17.6 Å². The molecule has 0 spiro atoms. The zero-order valence-corrected chi connectivity index (χ0v) is 9.81. The summed E-state index contributed by atoms with van der Waals surface area (Å²) in [5.41, 5.74) is 0.942. The van der Waals surface area contributed by atoms with Gasteiger partial charge in [0.2, 0.25) is 0 Å². The van der Waals surface area contributed by atoms with Crippen molar-refractivity contribution in [3.63, 3.8) is 0 Å². The number of hydrogen-bond acceptors (Lipinski definition) is 2. The van der Waals surface area contributed by atoms with Crippen LogP contribution in [0.2, 0.25) is 0 Å². The lowest BCUT2D eigenvalue weighted by atomic mass is 10.3. The fourth-order valence-corrected chi connectivity index (χ4v) is 1.56. The van der Waals surface area contributed by atoms with E-state index in [1.54, 1.807) is 7.11 Å². The first-order valence-corrected chi connectivity index (χ1v) is 5.05. The molecule has 3 heteroatoms. The van der Waals surface area contributed by atoms with Crippen molar-refractivity contribution in [3.05, 3.63) is 22.7 Å². The number of methoxy groups -OCH3 is 1. The van der Waals surface area contributed by atoms with E-state index in [2.05, 4.69) is 33.1 Å². The van der Waals surface area contributed by atoms with E-state index in [-0.39, 0.29) is 0 Å². The second-order valence-corrected chi connectivity index (χ2v) is 3.45. The molecule has 1 N–H and O–H groups in total. The number of rotatable bonds is 3. The minimum Gasteiger partial charge on any atom is -0.495 e. The van der Waals surface area contributed by atoms with Crippen LogP contribution < -0.4 is 10.1 Å². The van der Waals surface area contributed by atoms with Gasteiger partial charge in [-0.25, -0.2) is 0 Å². The molecule has 2 nitrogen and oxygen atoms in total. The molecule has 0 saturated carbocycles. The lowest BCUT2D eigenvalue weighted by Gasteiger charge is -2.10. The molecule has 0 aliphatic rings. The molecule has 0 saturated heterocycles. The zero-order valence-electron chi connectivity index (χ0n) is 8.23. The van der Waals surface area contributed by atoms with Crippen LogP contribution in [0.15, 0.2) is 22.7 Å². The minimum absolute atomic E-state index is 0.621. The topological polar surface area (TPSA) is 21.3 Å². The van der Waals surface area contributed by atoms with Crippen LogP contribution in [0.1, 0.15) is 6.92 Å². The van der Waals surface area contributed by atoms with Gasteiger partial charge in [-0.3, -0.25) is 0 Å². The second kappa shape index (κ2) is 5.56. The van der Waals surface area contributed by atoms with E-state index in [9.17, 15) is 0 Å². The first-order valence-electron chi connectivity index (χ1n) is 4.25. The monoisotopic (exact) mass is 253 g/mol. The molecule has 0 fully saturated rings. The normalized spacial score (nSPS) is 8.79. The Hall–Kier alpha value is -1.14. The third-order valence-electron chi connectivity index (χ3n) is 1.73. The molecule has 1 aromatic rings. The van der Waals surface area contributed by atoms with E-state index in [0.717, 1.165) is 15.9 Å². The van der Waals surface area contributed by atoms with E-state index in [1.165, 1.54) is 0 Å². The second-order valence-electron chi connectivity index (χ2n) is 2.60. The van der Waals surface area contributed by atoms with Gasteiger partial charge in [-0.2, -0.15) is 0 Å². The van der Waals surface area contributed by atoms with Crippen LogP contribution in [0.3, 0.4) is 0 Å². The van der Waals surface area contributed by atoms with Crippen LogP contribution in [-0.4, -0.2) is 13.7 Å². The minimum atomic E-state index is 0.621. The highest BCUT2D eigenvalue weighted by atomic mass is 79.9. The van der Waals surface area contributed by atoms with E-state index in [0.29, 0.717) is 6.54 Å². The molecule has 0 radical (unpaired) electrons. The Bertz CT molecular complexity index is 365. The van der Waals surface area contributed by atoms with E-state index in [1.807, 2.05) is 25.1 Å². The smallest absolute Gasteiger partial charge is 0.143 e. The number of nitrogens with one attached hydrogen (secondary N) is 1. The Labute approximate surface area is 92.8 Å². The first kappa shape index (κ1) is 10.9. The van der Waals surface area contributed by atoms with Crippen molar-refractivity contribution in [1.29, 1.82) is 0 Å². The molecular weight excluding hydrogens is 242 g/mol. The fourth-order valence-electron chi connectivity index (χ4n) is 1.07. The molecule has 0 bridgehead atoms. The van der Waals surface area contributed by atoms with Gasteiger partial charge in [0.1, 0.15) is 5.75 Å². The SMILES string of the molecule is CC#CCNc1c(Br)cccc1OC. The fraction of sp³-hybridized carbons (Fsp3) is 0.273. The molecule has 1 aromatic carbocycles. The summed E-state index contributed by atoms with van der Waals surface area (Å²) in [4.78, 5) is 0. The highest BCUT2D eigenvalue weighted by Crippen LogP contribution is 2.31. The Morgan fingerprint density at radius 3 is 2.93 bits per heavy atom. The Morgan fingerprint density at radius 2 is 2.29 bits per heavy atom. The van der Waals surface area contributed by atoms with Gasteiger partial charge in [0.25, 0.3) is 0 Å². The Balaban J connectivity index is 2.85. The largest absolute Gasteiger partial charge is 0.495 e. The molecule has 0 aromatic heterocycles. The van der Waals surface area contributed by atoms with Gasteiger partial charge in [-0.05, 0) is 35.0 Å². The maximum absolute atomic E-state index is 5.22. The third-order valence-corrected chi connectivity index (χ3v) is 2.39. The van der Waals surface area contributed by atoms with Gasteiger partial charge in [0.15, 0.2) is 0 Å². The Morgan fingerprint density at radius 1 is 1.50 bits per heavy atom. The van der Waals surface area contributed by atoms with Gasteiger partial charge >= 0.3 is 0 Å². The van der Waals surface area contributed by atoms with Crippen molar-refractivity contribution in [2.45, 2.75) is 6.92 Å². The summed E-state index contributed by atoms with van der Waals surface area (Å²) >= 11 is 3.45. The quantitative estimate of drug-likeness (QED) is 0.837. The maximum atomic E-state index is 5.22. The number of anilines is 1. The third kappa shape index (κ3) is 2.68. The molecule has 1 rings (SSSR count). The van der Waals surface area contributed by atoms with Crippen molar-refractivity contribution in [1.82, 2.24) is 0 Å². The number of ether oxygens (including phenoxy) is 1. The van der Waals surface area contributed by atoms with Gasteiger partial charge in [-0.1, -0.05) is 12.0 Å². The van der Waals surface area contributed by atoms with Gasteiger partial charge in [0.05, 0.1) is 19.3 Å². The van der Waals surface area contributed by atoms with E-state index >= 15 is 0 Å². The van der Waals surface area contributed by atoms with Crippen molar-refractivity contribution in [2.75, 3.05) is 19.0 Å². The predicted octanol–water partition coefficient (Wildman–Crippen LogP) is 2.89. The lowest BCUT2D eigenvalue weighted by Crippen LogP contribution is -2.01. The maximum Gasteiger partial charge on any atom is 0.143 e. The lowest BCUT2D eigenvalue weighted by molar-refractivity contribution is 0.416. The molecule has 74 valence electrons. The number of halogens is 1. The molecule has 0 unspecified atom stereocenters. The number of para-hydroxylation sites is 1. The van der Waals surface area contributed by atoms with Crippen molar-refractivity contribution < 1.29 is 4.74 Å². The highest BCUT2D eigenvalue weighted by Gasteiger charge is 2.04. The van der Waals surface area contributed by atoms with Gasteiger partial charge < -0.3 is 10.1 Å². The summed E-state index contributed by atoms with van der Waals surface area (Å²) in [5.74, 6) is 6.58. The molecule has 0 aliphatic carbocycles. The summed E-state index contributed by atoms with van der Waals surface area (Å²) in [7, 11) is 1.65. The Kier molecular flexibility index (Phi) is 4.34. The predicted molar refractivity (Wildman–Crippen MR) is 62.6 cm³/mol. The average molecular weight is 254 g/mol. The average Bonchev–Trinajstić information content (AvgIpc) is 2.20. The molecule has 0 aliphatic heterocycles. The summed E-state index contributed by atoms with van der Waals surface area (Å²) in [6, 6.07) is 5.80. The van der Waals surface area contributed by atoms with Crippen LogP contribution in [-0.2, 0) is 0 Å². The number of hydrogen-bond donors (Lipinski definition) is 1. The van der Waals surface area contributed by atoms with Crippen LogP contribution >= 0.6 is 15.9 Å². The van der Waals surface area contributed by atoms with Gasteiger partial charge in [-0.15, -0.1) is 5.92 Å². The van der Waals surface area contributed by atoms with E-state index in [4.69, 9.17) is 4.74 Å². The van der Waals surface area contributed by atoms with Crippen molar-refractivity contribution >= 4 is 21.6 Å². The van der Waals surface area contributed by atoms with Crippen LogP contribution in [0, 0.1) is 11.8 Å². The number of benzene rings is 1. The van der Waals surface area contributed by atoms with Crippen LogP contribution in [0.4, 0.5) is 5.69 Å². The summed E-state index contributed by atoms with van der Waals surface area (Å²) in [6.45, 7) is 2.44. The molecule has 0 heterocycles. The van der Waals surface area contributed by atoms with Crippen LogP contribution in [0.5, 0.6) is 5.75 Å². The summed E-state index contributed by atoms with van der Waals surface area (Å²) < 4.78 is 6.20. The zero-order chi connectivity index (χ0) is 10.4. The molecular formula is C11H12BrNO. The van der Waals surface area contributed by atoms with E-state index < -0.39 is 0 Å². The standard InChI is InChI=1S/C11H12BrNO/c1-3-4-8-13-11-9(12)6-5-7-10(11)14-2/h5-7,13H,8H2,1-2H3. The van der Waals surface area contributed by atoms with Crippen LogP contribution in [0.25, 0.3) is 0 Å². The first-order chi connectivity index (χ1) is 6.79. The molecule has 14 heavy (non-hydrogen) atoms. The summed E-state index contributed by atoms with van der Waals surface area (Å²) in [5, 5.41) is 3.19. The van der Waals surface area contributed by atoms with Gasteiger partial charge in [0, 0.05) is 4.47 Å². The highest BCUT2D eigenvalue weighted by molar-refractivity contribution is 9.10. The van der Waals surface area contributed by atoms with Crippen molar-refractivity contribution in [2.24, 2.45) is 0 Å².